The Morgan fingerprint density at radius 2 is 2.32 bits per heavy atom. The van der Waals surface area contributed by atoms with Crippen LogP contribution < -0.4 is 10.6 Å². The van der Waals surface area contributed by atoms with Gasteiger partial charge in [-0.25, -0.2) is 9.78 Å². The lowest BCUT2D eigenvalue weighted by Crippen LogP contribution is -2.44. The Hall–Kier alpha value is -1.93. The van der Waals surface area contributed by atoms with Gasteiger partial charge in [0.25, 0.3) is 0 Å². The molecule has 2 unspecified atom stereocenters. The summed E-state index contributed by atoms with van der Waals surface area (Å²) in [6, 6.07) is -0.522. The molecule has 2 aromatic rings. The van der Waals surface area contributed by atoms with Crippen LogP contribution in [0.3, 0.4) is 0 Å². The quantitative estimate of drug-likeness (QED) is 0.776. The van der Waals surface area contributed by atoms with Crippen LogP contribution >= 0.6 is 11.3 Å². The van der Waals surface area contributed by atoms with Crippen LogP contribution in [0.25, 0.3) is 0 Å². The largest absolute Gasteiger partial charge is 0.383 e. The van der Waals surface area contributed by atoms with E-state index < -0.39 is 5.60 Å². The number of hydrogen-bond acceptors (Lipinski definition) is 5. The molecule has 2 rings (SSSR count). The number of aliphatic hydroxyl groups is 1. The van der Waals surface area contributed by atoms with Crippen molar-refractivity contribution in [1.82, 2.24) is 25.4 Å². The molecule has 0 aliphatic heterocycles. The van der Waals surface area contributed by atoms with Crippen molar-refractivity contribution in [3.63, 3.8) is 0 Å². The standard InChI is InChI=1S/C14H21N5O2S/c1-9-7-22-12(17-9)10(2)18-13(20)15-8-14(3,21)11-5-16-19(4)6-11/h5-7,10,21H,8H2,1-4H3,(H2,15,18,20). The Kier molecular flexibility index (Phi) is 4.82. The van der Waals surface area contributed by atoms with Gasteiger partial charge in [0.1, 0.15) is 10.6 Å². The maximum absolute atomic E-state index is 11.9. The van der Waals surface area contributed by atoms with Gasteiger partial charge in [-0.3, -0.25) is 4.68 Å². The van der Waals surface area contributed by atoms with Crippen LogP contribution in [-0.2, 0) is 12.6 Å². The topological polar surface area (TPSA) is 92.1 Å². The van der Waals surface area contributed by atoms with Crippen LogP contribution in [0, 0.1) is 6.92 Å². The van der Waals surface area contributed by atoms with Crippen molar-refractivity contribution in [3.8, 4) is 0 Å². The van der Waals surface area contributed by atoms with E-state index in [4.69, 9.17) is 0 Å². The van der Waals surface area contributed by atoms with Gasteiger partial charge in [0, 0.05) is 29.9 Å². The van der Waals surface area contributed by atoms with Crippen LogP contribution in [0.5, 0.6) is 0 Å². The molecule has 2 heterocycles. The van der Waals surface area contributed by atoms with E-state index in [0.717, 1.165) is 10.7 Å². The van der Waals surface area contributed by atoms with E-state index in [0.29, 0.717) is 5.56 Å². The van der Waals surface area contributed by atoms with Gasteiger partial charge in [-0.15, -0.1) is 11.3 Å². The summed E-state index contributed by atoms with van der Waals surface area (Å²) in [4.78, 5) is 16.3. The second kappa shape index (κ2) is 6.45. The molecule has 0 saturated carbocycles. The van der Waals surface area contributed by atoms with E-state index in [9.17, 15) is 9.90 Å². The molecule has 7 nitrogen and oxygen atoms in total. The van der Waals surface area contributed by atoms with Crippen molar-refractivity contribution in [3.05, 3.63) is 34.0 Å². The number of rotatable bonds is 5. The van der Waals surface area contributed by atoms with Gasteiger partial charge >= 0.3 is 6.03 Å². The fourth-order valence-electron chi connectivity index (χ4n) is 1.93. The van der Waals surface area contributed by atoms with Gasteiger partial charge in [0.15, 0.2) is 0 Å². The van der Waals surface area contributed by atoms with E-state index >= 15 is 0 Å². The number of amides is 2. The zero-order chi connectivity index (χ0) is 16.3. The minimum atomic E-state index is -1.17. The number of nitrogens with one attached hydrogen (secondary N) is 2. The van der Waals surface area contributed by atoms with Crippen molar-refractivity contribution in [2.75, 3.05) is 6.54 Å². The molecule has 0 aliphatic carbocycles. The molecular formula is C14H21N5O2S. The Morgan fingerprint density at radius 3 is 2.86 bits per heavy atom. The maximum Gasteiger partial charge on any atom is 0.315 e. The highest BCUT2D eigenvalue weighted by Crippen LogP contribution is 2.19. The minimum Gasteiger partial charge on any atom is -0.383 e. The molecule has 0 aromatic carbocycles. The van der Waals surface area contributed by atoms with Gasteiger partial charge in [-0.05, 0) is 20.8 Å². The van der Waals surface area contributed by atoms with Gasteiger partial charge in [-0.2, -0.15) is 5.10 Å². The SMILES string of the molecule is Cc1csc(C(C)NC(=O)NCC(C)(O)c2cnn(C)c2)n1. The van der Waals surface area contributed by atoms with Crippen molar-refractivity contribution in [2.45, 2.75) is 32.4 Å². The molecule has 0 saturated heterocycles. The van der Waals surface area contributed by atoms with Crippen molar-refractivity contribution >= 4 is 17.4 Å². The normalized spacial score (nSPS) is 15.1. The summed E-state index contributed by atoms with van der Waals surface area (Å²) in [5.74, 6) is 0. The second-order valence-corrected chi connectivity index (χ2v) is 6.44. The molecule has 0 spiro atoms. The summed E-state index contributed by atoms with van der Waals surface area (Å²) < 4.78 is 1.61. The predicted molar refractivity (Wildman–Crippen MR) is 84.6 cm³/mol. The average molecular weight is 323 g/mol. The Labute approximate surface area is 133 Å². The average Bonchev–Trinajstić information content (AvgIpc) is 3.05. The Bertz CT molecular complexity index is 649. The van der Waals surface area contributed by atoms with Gasteiger partial charge in [0.05, 0.1) is 18.8 Å². The summed E-state index contributed by atoms with van der Waals surface area (Å²) in [6.07, 6.45) is 3.31. The van der Waals surface area contributed by atoms with Crippen molar-refractivity contribution in [1.29, 1.82) is 0 Å². The first-order chi connectivity index (χ1) is 10.3. The molecule has 22 heavy (non-hydrogen) atoms. The van der Waals surface area contributed by atoms with Crippen LogP contribution in [0.1, 0.15) is 36.2 Å². The van der Waals surface area contributed by atoms with Crippen LogP contribution in [-0.4, -0.2) is 32.4 Å². The third-order valence-electron chi connectivity index (χ3n) is 3.27. The number of thiazole rings is 1. The third kappa shape index (κ3) is 4.05. The number of carbonyl (C=O) groups is 1. The first-order valence-electron chi connectivity index (χ1n) is 6.96. The zero-order valence-electron chi connectivity index (χ0n) is 13.1. The van der Waals surface area contributed by atoms with E-state index in [1.807, 2.05) is 19.2 Å². The first-order valence-corrected chi connectivity index (χ1v) is 7.84. The molecule has 0 radical (unpaired) electrons. The molecule has 8 heteroatoms. The number of urea groups is 1. The summed E-state index contributed by atoms with van der Waals surface area (Å²) in [5.41, 5.74) is 0.416. The second-order valence-electron chi connectivity index (χ2n) is 5.55. The fourth-order valence-corrected chi connectivity index (χ4v) is 2.74. The molecular weight excluding hydrogens is 302 g/mol. The summed E-state index contributed by atoms with van der Waals surface area (Å²) in [5, 5.41) is 22.7. The molecule has 2 aromatic heterocycles. The Balaban J connectivity index is 1.87. The highest BCUT2D eigenvalue weighted by Gasteiger charge is 2.25. The highest BCUT2D eigenvalue weighted by atomic mass is 32.1. The van der Waals surface area contributed by atoms with Crippen LogP contribution in [0.15, 0.2) is 17.8 Å². The zero-order valence-corrected chi connectivity index (χ0v) is 13.9. The van der Waals surface area contributed by atoms with Crippen molar-refractivity contribution < 1.29 is 9.90 Å². The van der Waals surface area contributed by atoms with Crippen molar-refractivity contribution in [2.24, 2.45) is 7.05 Å². The van der Waals surface area contributed by atoms with Gasteiger partial charge in [0.2, 0.25) is 0 Å². The molecule has 0 aliphatic rings. The fraction of sp³-hybridized carbons (Fsp3) is 0.500. The molecule has 0 fully saturated rings. The first kappa shape index (κ1) is 16.4. The molecule has 2 atom stereocenters. The van der Waals surface area contributed by atoms with E-state index in [-0.39, 0.29) is 18.6 Å². The number of carbonyl (C=O) groups excluding carboxylic acids is 1. The predicted octanol–water partition coefficient (Wildman–Crippen LogP) is 1.45. The smallest absolute Gasteiger partial charge is 0.315 e. The lowest BCUT2D eigenvalue weighted by Gasteiger charge is -2.23. The number of aromatic nitrogens is 3. The third-order valence-corrected chi connectivity index (χ3v) is 4.42. The van der Waals surface area contributed by atoms with E-state index in [2.05, 4.69) is 20.7 Å². The molecule has 0 bridgehead atoms. The lowest BCUT2D eigenvalue weighted by atomic mass is 10.00. The van der Waals surface area contributed by atoms with Gasteiger partial charge in [-0.1, -0.05) is 0 Å². The minimum absolute atomic E-state index is 0.0914. The molecule has 2 amide bonds. The Morgan fingerprint density at radius 1 is 1.59 bits per heavy atom. The molecule has 120 valence electrons. The number of aryl methyl sites for hydroxylation is 2. The summed E-state index contributed by atoms with van der Waals surface area (Å²) >= 11 is 1.51. The molecule has 3 N–H and O–H groups in total. The number of hydrogen-bond donors (Lipinski definition) is 3. The van der Waals surface area contributed by atoms with E-state index in [1.54, 1.807) is 31.0 Å². The van der Waals surface area contributed by atoms with E-state index in [1.165, 1.54) is 11.3 Å². The van der Waals surface area contributed by atoms with Gasteiger partial charge < -0.3 is 15.7 Å². The number of nitrogens with zero attached hydrogens (tertiary/aromatic N) is 3. The monoisotopic (exact) mass is 323 g/mol. The van der Waals surface area contributed by atoms with Crippen LogP contribution in [0.4, 0.5) is 4.79 Å². The highest BCUT2D eigenvalue weighted by molar-refractivity contribution is 7.09. The maximum atomic E-state index is 11.9. The summed E-state index contributed by atoms with van der Waals surface area (Å²) in [6.45, 7) is 5.51. The summed E-state index contributed by atoms with van der Waals surface area (Å²) in [7, 11) is 1.78. The van der Waals surface area contributed by atoms with Crippen LogP contribution in [0.2, 0.25) is 0 Å². The lowest BCUT2D eigenvalue weighted by molar-refractivity contribution is 0.0592.